The lowest BCUT2D eigenvalue weighted by molar-refractivity contribution is -0.136. The number of piperidine rings is 2. The van der Waals surface area contributed by atoms with Gasteiger partial charge in [-0.1, -0.05) is 12.1 Å². The van der Waals surface area contributed by atoms with Gasteiger partial charge in [-0.2, -0.15) is 0 Å². The summed E-state index contributed by atoms with van der Waals surface area (Å²) in [7, 11) is 0. The Kier molecular flexibility index (Phi) is 4.76. The molecule has 0 radical (unpaired) electrons. The van der Waals surface area contributed by atoms with Crippen molar-refractivity contribution in [1.82, 2.24) is 15.1 Å². The van der Waals surface area contributed by atoms with Crippen molar-refractivity contribution in [3.05, 3.63) is 34.9 Å². The van der Waals surface area contributed by atoms with Crippen LogP contribution in [0.1, 0.15) is 58.9 Å². The van der Waals surface area contributed by atoms with Crippen LogP contribution in [-0.4, -0.2) is 58.1 Å². The van der Waals surface area contributed by atoms with E-state index in [1.807, 2.05) is 6.07 Å². The lowest BCUT2D eigenvalue weighted by atomic mass is 9.97. The molecule has 8 heteroatoms. The Bertz CT molecular complexity index is 868. The molecule has 3 aliphatic rings. The van der Waals surface area contributed by atoms with Gasteiger partial charge >= 0.3 is 0 Å². The normalized spacial score (nSPS) is 28.5. The zero-order valence-electron chi connectivity index (χ0n) is 15.8. The first kappa shape index (κ1) is 18.8. The van der Waals surface area contributed by atoms with E-state index in [1.54, 1.807) is 12.1 Å². The Morgan fingerprint density at radius 3 is 2.64 bits per heavy atom. The number of fused-ring (bicyclic) bond motifs is 1. The summed E-state index contributed by atoms with van der Waals surface area (Å²) < 4.78 is 0. The molecule has 3 atom stereocenters. The van der Waals surface area contributed by atoms with Gasteiger partial charge in [0, 0.05) is 31.6 Å². The van der Waals surface area contributed by atoms with E-state index in [0.717, 1.165) is 29.8 Å². The molecular weight excluding hydrogens is 360 g/mol. The zero-order valence-corrected chi connectivity index (χ0v) is 15.8. The van der Waals surface area contributed by atoms with E-state index >= 15 is 0 Å². The third-order valence-electron chi connectivity index (χ3n) is 5.98. The van der Waals surface area contributed by atoms with E-state index in [1.165, 1.54) is 0 Å². The van der Waals surface area contributed by atoms with Crippen LogP contribution < -0.4 is 11.1 Å². The largest absolute Gasteiger partial charge is 0.327 e. The number of hydrogen-bond donors (Lipinski definition) is 2. The van der Waals surface area contributed by atoms with Gasteiger partial charge in [-0.05, 0) is 37.8 Å². The molecule has 0 spiro atoms. The highest BCUT2D eigenvalue weighted by molar-refractivity contribution is 6.24. The summed E-state index contributed by atoms with van der Waals surface area (Å²) in [5.74, 6) is -1.91. The van der Waals surface area contributed by atoms with Gasteiger partial charge in [0.15, 0.2) is 0 Å². The smallest absolute Gasteiger partial charge is 0.262 e. The first-order valence-corrected chi connectivity index (χ1v) is 9.70. The van der Waals surface area contributed by atoms with Gasteiger partial charge in [0.25, 0.3) is 11.8 Å². The molecule has 2 saturated heterocycles. The van der Waals surface area contributed by atoms with E-state index in [-0.39, 0.29) is 24.8 Å². The summed E-state index contributed by atoms with van der Waals surface area (Å²) in [6.07, 6.45) is 2.24. The van der Waals surface area contributed by atoms with Crippen LogP contribution >= 0.6 is 0 Å². The molecule has 28 heavy (non-hydrogen) atoms. The van der Waals surface area contributed by atoms with Crippen LogP contribution in [0.4, 0.5) is 0 Å². The van der Waals surface area contributed by atoms with Crippen LogP contribution in [0, 0.1) is 0 Å². The molecule has 0 saturated carbocycles. The molecule has 4 rings (SSSR count). The molecule has 3 N–H and O–H groups in total. The Morgan fingerprint density at radius 2 is 1.89 bits per heavy atom. The van der Waals surface area contributed by atoms with Crippen molar-refractivity contribution in [1.29, 1.82) is 0 Å². The van der Waals surface area contributed by atoms with Gasteiger partial charge in [0.05, 0.1) is 11.1 Å². The molecule has 4 amide bonds. The first-order chi connectivity index (χ1) is 13.4. The second-order valence-corrected chi connectivity index (χ2v) is 7.90. The Labute approximate surface area is 163 Å². The molecule has 3 aliphatic heterocycles. The van der Waals surface area contributed by atoms with Gasteiger partial charge in [0.1, 0.15) is 6.04 Å². The minimum Gasteiger partial charge on any atom is -0.327 e. The Morgan fingerprint density at radius 1 is 1.11 bits per heavy atom. The van der Waals surface area contributed by atoms with Crippen molar-refractivity contribution in [2.75, 3.05) is 6.54 Å². The Hall–Kier alpha value is -2.58. The van der Waals surface area contributed by atoms with Gasteiger partial charge in [0.2, 0.25) is 11.8 Å². The topological polar surface area (TPSA) is 113 Å². The quantitative estimate of drug-likeness (QED) is 0.730. The summed E-state index contributed by atoms with van der Waals surface area (Å²) in [4.78, 5) is 52.9. The minimum absolute atomic E-state index is 0.102. The highest BCUT2D eigenvalue weighted by atomic mass is 16.2. The zero-order chi connectivity index (χ0) is 20.0. The third kappa shape index (κ3) is 3.12. The van der Waals surface area contributed by atoms with Crippen LogP contribution in [0.15, 0.2) is 18.2 Å². The van der Waals surface area contributed by atoms with Crippen LogP contribution in [0.2, 0.25) is 0 Å². The number of nitrogens with one attached hydrogen (secondary N) is 1. The SMILES string of the molecule is C[C@@H]1CC[C@@H](N)CN1Cc1cccc2c1C(=O)N(C1CCC(=O)NC1=O)C2=O. The van der Waals surface area contributed by atoms with Crippen molar-refractivity contribution in [2.45, 2.75) is 57.3 Å². The van der Waals surface area contributed by atoms with Gasteiger partial charge < -0.3 is 5.73 Å². The molecule has 0 bridgehead atoms. The average molecular weight is 384 g/mol. The number of carbonyl (C=O) groups is 4. The molecule has 1 aromatic carbocycles. The second kappa shape index (κ2) is 7.10. The summed E-state index contributed by atoms with van der Waals surface area (Å²) in [6.45, 7) is 3.40. The van der Waals surface area contributed by atoms with Crippen molar-refractivity contribution < 1.29 is 19.2 Å². The molecule has 1 aromatic rings. The molecule has 3 heterocycles. The monoisotopic (exact) mass is 384 g/mol. The van der Waals surface area contributed by atoms with Crippen LogP contribution in [0.25, 0.3) is 0 Å². The fraction of sp³-hybridized carbons (Fsp3) is 0.500. The van der Waals surface area contributed by atoms with Crippen molar-refractivity contribution in [3.63, 3.8) is 0 Å². The summed E-state index contributed by atoms with van der Waals surface area (Å²) in [5, 5.41) is 2.22. The predicted octanol–water partition coefficient (Wildman–Crippen LogP) is 0.399. The van der Waals surface area contributed by atoms with E-state index in [4.69, 9.17) is 5.73 Å². The Balaban J connectivity index is 1.63. The van der Waals surface area contributed by atoms with Crippen molar-refractivity contribution in [2.24, 2.45) is 5.73 Å². The summed E-state index contributed by atoms with van der Waals surface area (Å²) in [5.41, 5.74) is 7.56. The standard InChI is InChI=1S/C20H24N4O4/c1-11-5-6-13(21)10-23(11)9-12-3-2-4-14-17(12)20(28)24(19(14)27)15-7-8-16(25)22-18(15)26/h2-4,11,13,15H,5-10,21H2,1H3,(H,22,25,26)/t11-,13-,15?/m1/s1. The maximum Gasteiger partial charge on any atom is 0.262 e. The molecule has 148 valence electrons. The lowest BCUT2D eigenvalue weighted by Crippen LogP contribution is -2.54. The van der Waals surface area contributed by atoms with Gasteiger partial charge in [-0.15, -0.1) is 0 Å². The van der Waals surface area contributed by atoms with E-state index in [9.17, 15) is 19.2 Å². The van der Waals surface area contributed by atoms with E-state index in [2.05, 4.69) is 17.1 Å². The number of benzene rings is 1. The highest BCUT2D eigenvalue weighted by Crippen LogP contribution is 2.31. The maximum atomic E-state index is 13.1. The highest BCUT2D eigenvalue weighted by Gasteiger charge is 2.45. The first-order valence-electron chi connectivity index (χ1n) is 9.70. The third-order valence-corrected chi connectivity index (χ3v) is 5.98. The minimum atomic E-state index is -0.944. The average Bonchev–Trinajstić information content (AvgIpc) is 2.90. The number of carbonyl (C=O) groups excluding carboxylic acids is 4. The predicted molar refractivity (Wildman–Crippen MR) is 100 cm³/mol. The maximum absolute atomic E-state index is 13.1. The molecule has 0 aliphatic carbocycles. The van der Waals surface area contributed by atoms with Crippen LogP contribution in [0.3, 0.4) is 0 Å². The van der Waals surface area contributed by atoms with E-state index in [0.29, 0.717) is 23.7 Å². The van der Waals surface area contributed by atoms with E-state index < -0.39 is 23.8 Å². The number of nitrogens with two attached hydrogens (primary N) is 1. The van der Waals surface area contributed by atoms with Crippen LogP contribution in [-0.2, 0) is 16.1 Å². The summed E-state index contributed by atoms with van der Waals surface area (Å²) >= 11 is 0. The fourth-order valence-electron chi connectivity index (χ4n) is 4.37. The lowest BCUT2D eigenvalue weighted by Gasteiger charge is -2.36. The molecule has 0 aromatic heterocycles. The number of amides is 4. The second-order valence-electron chi connectivity index (χ2n) is 7.90. The number of imide groups is 2. The van der Waals surface area contributed by atoms with Gasteiger partial charge in [-0.3, -0.25) is 34.3 Å². The molecule has 1 unspecified atom stereocenters. The molecule has 8 nitrogen and oxygen atoms in total. The van der Waals surface area contributed by atoms with Crippen molar-refractivity contribution in [3.8, 4) is 0 Å². The van der Waals surface area contributed by atoms with Crippen molar-refractivity contribution >= 4 is 23.6 Å². The number of likely N-dealkylation sites (tertiary alicyclic amines) is 1. The fourth-order valence-corrected chi connectivity index (χ4v) is 4.37. The molecular formula is C20H24N4O4. The van der Waals surface area contributed by atoms with Gasteiger partial charge in [-0.25, -0.2) is 0 Å². The number of rotatable bonds is 3. The number of hydrogen-bond acceptors (Lipinski definition) is 6. The molecule has 2 fully saturated rings. The number of nitrogens with zero attached hydrogens (tertiary/aromatic N) is 2. The van der Waals surface area contributed by atoms with Crippen LogP contribution in [0.5, 0.6) is 0 Å². The summed E-state index contributed by atoms with van der Waals surface area (Å²) in [6, 6.07) is 4.74.